The SMILES string of the molecule is CCc1cc(-c2nc(-c3cc(C)c(OC[C@H](O)CNC(=O)CO)c(Cl)c3)no2)cc(C)n1. The van der Waals surface area contributed by atoms with Crippen LogP contribution in [0, 0.1) is 13.8 Å². The molecule has 3 aromatic rings. The predicted octanol–water partition coefficient (Wildman–Crippen LogP) is 2.48. The first-order valence-electron chi connectivity index (χ1n) is 10.1. The zero-order valence-corrected chi connectivity index (χ0v) is 18.8. The third-order valence-corrected chi connectivity index (χ3v) is 4.91. The second-order valence-electron chi connectivity index (χ2n) is 7.30. The van der Waals surface area contributed by atoms with Crippen molar-refractivity contribution in [3.63, 3.8) is 0 Å². The Bertz CT molecular complexity index is 1080. The summed E-state index contributed by atoms with van der Waals surface area (Å²) in [5.74, 6) is 0.608. The first kappa shape index (κ1) is 23.6. The molecule has 0 saturated carbocycles. The summed E-state index contributed by atoms with van der Waals surface area (Å²) in [4.78, 5) is 20.0. The fourth-order valence-electron chi connectivity index (χ4n) is 3.07. The minimum Gasteiger partial charge on any atom is -0.489 e. The molecule has 3 rings (SSSR count). The number of nitrogens with zero attached hydrogens (tertiary/aromatic N) is 3. The summed E-state index contributed by atoms with van der Waals surface area (Å²) >= 11 is 6.40. The van der Waals surface area contributed by atoms with Crippen molar-refractivity contribution in [2.45, 2.75) is 33.3 Å². The molecule has 0 radical (unpaired) electrons. The molecule has 1 atom stereocenters. The van der Waals surface area contributed by atoms with E-state index >= 15 is 0 Å². The molecule has 2 aromatic heterocycles. The molecule has 2 heterocycles. The van der Waals surface area contributed by atoms with Crippen molar-refractivity contribution in [2.75, 3.05) is 19.8 Å². The lowest BCUT2D eigenvalue weighted by molar-refractivity contribution is -0.124. The smallest absolute Gasteiger partial charge is 0.258 e. The van der Waals surface area contributed by atoms with Crippen LogP contribution in [0.5, 0.6) is 5.75 Å². The van der Waals surface area contributed by atoms with E-state index in [9.17, 15) is 9.90 Å². The first-order valence-corrected chi connectivity index (χ1v) is 10.5. The number of aliphatic hydroxyl groups excluding tert-OH is 2. The van der Waals surface area contributed by atoms with Gasteiger partial charge in [0.05, 0.1) is 5.02 Å². The van der Waals surface area contributed by atoms with Crippen LogP contribution in [0.3, 0.4) is 0 Å². The van der Waals surface area contributed by atoms with Gasteiger partial charge in [-0.05, 0) is 50.1 Å². The van der Waals surface area contributed by atoms with Crippen LogP contribution >= 0.6 is 11.6 Å². The monoisotopic (exact) mass is 460 g/mol. The van der Waals surface area contributed by atoms with Crippen molar-refractivity contribution in [1.29, 1.82) is 0 Å². The van der Waals surface area contributed by atoms with E-state index in [2.05, 4.69) is 20.4 Å². The lowest BCUT2D eigenvalue weighted by Crippen LogP contribution is -2.36. The van der Waals surface area contributed by atoms with Gasteiger partial charge in [-0.15, -0.1) is 0 Å². The maximum atomic E-state index is 11.1. The average Bonchev–Trinajstić information content (AvgIpc) is 3.26. The number of aliphatic hydroxyl groups is 2. The fourth-order valence-corrected chi connectivity index (χ4v) is 3.39. The van der Waals surface area contributed by atoms with E-state index in [0.717, 1.165) is 28.9 Å². The number of nitrogens with one attached hydrogen (secondary N) is 1. The Morgan fingerprint density at radius 1 is 1.22 bits per heavy atom. The summed E-state index contributed by atoms with van der Waals surface area (Å²) in [6.45, 7) is 4.99. The molecular formula is C22H25ClN4O5. The van der Waals surface area contributed by atoms with Gasteiger partial charge in [-0.1, -0.05) is 23.7 Å². The zero-order valence-electron chi connectivity index (χ0n) is 18.1. The van der Waals surface area contributed by atoms with Gasteiger partial charge in [-0.3, -0.25) is 9.78 Å². The molecule has 3 N–H and O–H groups in total. The predicted molar refractivity (Wildman–Crippen MR) is 118 cm³/mol. The van der Waals surface area contributed by atoms with Gasteiger partial charge in [0.25, 0.3) is 5.89 Å². The van der Waals surface area contributed by atoms with E-state index in [1.807, 2.05) is 39.0 Å². The van der Waals surface area contributed by atoms with E-state index in [4.69, 9.17) is 26.0 Å². The Hall–Kier alpha value is -3.01. The number of carbonyl (C=O) groups excluding carboxylic acids is 1. The standard InChI is InChI=1S/C22H25ClN4O5/c1-4-16-7-15(6-13(3)25-16)22-26-21(27-32-22)14-5-12(2)20(18(23)8-14)31-11-17(29)9-24-19(30)10-28/h5-8,17,28-29H,4,9-11H2,1-3H3,(H,24,30)/t17-/m1/s1. The lowest BCUT2D eigenvalue weighted by Gasteiger charge is -2.16. The summed E-state index contributed by atoms with van der Waals surface area (Å²) in [6.07, 6.45) is -0.161. The average molecular weight is 461 g/mol. The number of benzene rings is 1. The summed E-state index contributed by atoms with van der Waals surface area (Å²) in [5.41, 5.74) is 4.00. The second kappa shape index (κ2) is 10.5. The fraction of sp³-hybridized carbons (Fsp3) is 0.364. The van der Waals surface area contributed by atoms with E-state index < -0.39 is 18.6 Å². The molecule has 0 aliphatic carbocycles. The van der Waals surface area contributed by atoms with Crippen LogP contribution in [0.4, 0.5) is 0 Å². The van der Waals surface area contributed by atoms with Crippen LogP contribution in [0.25, 0.3) is 22.8 Å². The van der Waals surface area contributed by atoms with Crippen LogP contribution in [0.2, 0.25) is 5.02 Å². The van der Waals surface area contributed by atoms with Crippen molar-refractivity contribution in [1.82, 2.24) is 20.4 Å². The van der Waals surface area contributed by atoms with Crippen LogP contribution in [0.15, 0.2) is 28.8 Å². The molecule has 0 bridgehead atoms. The van der Waals surface area contributed by atoms with Crippen molar-refractivity contribution >= 4 is 17.5 Å². The molecule has 0 unspecified atom stereocenters. The third kappa shape index (κ3) is 5.82. The molecule has 10 heteroatoms. The molecule has 0 aliphatic rings. The van der Waals surface area contributed by atoms with Gasteiger partial charge in [0.15, 0.2) is 0 Å². The van der Waals surface area contributed by atoms with Gasteiger partial charge in [0.2, 0.25) is 11.7 Å². The van der Waals surface area contributed by atoms with Crippen molar-refractivity contribution in [3.05, 3.63) is 46.2 Å². The Morgan fingerprint density at radius 2 is 2.00 bits per heavy atom. The molecule has 170 valence electrons. The molecule has 1 aromatic carbocycles. The number of rotatable bonds is 9. The lowest BCUT2D eigenvalue weighted by atomic mass is 10.1. The normalized spacial score (nSPS) is 11.9. The molecule has 0 aliphatic heterocycles. The van der Waals surface area contributed by atoms with E-state index in [1.165, 1.54) is 0 Å². The molecule has 9 nitrogen and oxygen atoms in total. The Kier molecular flexibility index (Phi) is 7.79. The molecule has 0 spiro atoms. The van der Waals surface area contributed by atoms with Gasteiger partial charge in [-0.2, -0.15) is 4.98 Å². The van der Waals surface area contributed by atoms with Gasteiger partial charge < -0.3 is 24.8 Å². The third-order valence-electron chi connectivity index (χ3n) is 4.63. The van der Waals surface area contributed by atoms with E-state index in [0.29, 0.717) is 28.1 Å². The summed E-state index contributed by atoms with van der Waals surface area (Å²) < 4.78 is 11.1. The maximum Gasteiger partial charge on any atom is 0.258 e. The van der Waals surface area contributed by atoms with Gasteiger partial charge in [0.1, 0.15) is 25.1 Å². The first-order chi connectivity index (χ1) is 15.3. The van der Waals surface area contributed by atoms with Crippen LogP contribution in [0.1, 0.15) is 23.9 Å². The molecule has 0 fully saturated rings. The summed E-state index contributed by atoms with van der Waals surface area (Å²) in [7, 11) is 0. The highest BCUT2D eigenvalue weighted by atomic mass is 35.5. The van der Waals surface area contributed by atoms with Crippen molar-refractivity contribution in [2.24, 2.45) is 0 Å². The quantitative estimate of drug-likeness (QED) is 0.444. The number of carbonyl (C=O) groups is 1. The van der Waals surface area contributed by atoms with Crippen LogP contribution < -0.4 is 10.1 Å². The summed E-state index contributed by atoms with van der Waals surface area (Å²) in [6, 6.07) is 7.28. The van der Waals surface area contributed by atoms with Gasteiger partial charge in [0, 0.05) is 29.1 Å². The summed E-state index contributed by atoms with van der Waals surface area (Å²) in [5, 5.41) is 25.4. The number of hydrogen-bond acceptors (Lipinski definition) is 8. The molecule has 1 amide bonds. The maximum absolute atomic E-state index is 11.1. The highest BCUT2D eigenvalue weighted by Crippen LogP contribution is 2.34. The number of pyridine rings is 1. The number of hydrogen-bond donors (Lipinski definition) is 3. The minimum absolute atomic E-state index is 0.0476. The minimum atomic E-state index is -0.961. The van der Waals surface area contributed by atoms with Gasteiger partial charge in [-0.25, -0.2) is 0 Å². The number of halogens is 1. The van der Waals surface area contributed by atoms with E-state index in [-0.39, 0.29) is 13.2 Å². The number of aromatic nitrogens is 3. The highest BCUT2D eigenvalue weighted by molar-refractivity contribution is 6.32. The zero-order chi connectivity index (χ0) is 23.3. The number of ether oxygens (including phenoxy) is 1. The second-order valence-corrected chi connectivity index (χ2v) is 7.70. The van der Waals surface area contributed by atoms with Crippen LogP contribution in [-0.4, -0.2) is 57.1 Å². The van der Waals surface area contributed by atoms with Crippen LogP contribution in [-0.2, 0) is 11.2 Å². The number of amides is 1. The number of aryl methyl sites for hydroxylation is 3. The van der Waals surface area contributed by atoms with Crippen molar-refractivity contribution < 1.29 is 24.3 Å². The molecule has 32 heavy (non-hydrogen) atoms. The Labute approximate surface area is 190 Å². The Morgan fingerprint density at radius 3 is 2.69 bits per heavy atom. The highest BCUT2D eigenvalue weighted by Gasteiger charge is 2.17. The van der Waals surface area contributed by atoms with Gasteiger partial charge >= 0.3 is 0 Å². The molecular weight excluding hydrogens is 436 g/mol. The van der Waals surface area contributed by atoms with E-state index in [1.54, 1.807) is 6.07 Å². The topological polar surface area (TPSA) is 131 Å². The Balaban J connectivity index is 1.74. The van der Waals surface area contributed by atoms with Crippen molar-refractivity contribution in [3.8, 4) is 28.6 Å². The molecule has 0 saturated heterocycles. The largest absolute Gasteiger partial charge is 0.489 e.